The second kappa shape index (κ2) is 7.54. The van der Waals surface area contributed by atoms with E-state index < -0.39 is 0 Å². The fourth-order valence-corrected chi connectivity index (χ4v) is 3.69. The number of rotatable bonds is 3. The number of pyridine rings is 1. The molecule has 4 nitrogen and oxygen atoms in total. The number of ether oxygens (including phenoxy) is 1. The smallest absolute Gasteiger partial charge is 0.213 e. The molecular weight excluding hydrogens is 361 g/mol. The number of hydrogen-bond acceptors (Lipinski definition) is 3. The van der Waals surface area contributed by atoms with Crippen LogP contribution in [0.15, 0.2) is 36.5 Å². The fraction of sp³-hybridized carbons (Fsp3) is 0.333. The van der Waals surface area contributed by atoms with Crippen molar-refractivity contribution >= 4 is 34.6 Å². The van der Waals surface area contributed by atoms with Crippen LogP contribution in [0.4, 0.5) is 10.1 Å². The number of benzene rings is 1. The van der Waals surface area contributed by atoms with E-state index in [0.29, 0.717) is 21.9 Å². The summed E-state index contributed by atoms with van der Waals surface area (Å²) in [5, 5.41) is 4.31. The van der Waals surface area contributed by atoms with Crippen molar-refractivity contribution in [2.45, 2.75) is 12.8 Å². The standard InChI is InChI=1S/C18H19ClFN3OS/c1-11-9-23(10-15(11)14-5-3-12(20)7-16(14)19)18(25)22-13-4-6-17(24-2)21-8-13/h3-8,11,15H,9-10H2,1-2H3,(H,22,25)/t11-,15-/m0/s1. The molecule has 1 saturated heterocycles. The average Bonchev–Trinajstić information content (AvgIpc) is 2.97. The minimum atomic E-state index is -0.319. The Morgan fingerprint density at radius 3 is 2.80 bits per heavy atom. The number of aromatic nitrogens is 1. The van der Waals surface area contributed by atoms with E-state index in [1.54, 1.807) is 25.4 Å². The van der Waals surface area contributed by atoms with Crippen molar-refractivity contribution in [3.05, 3.63) is 52.9 Å². The van der Waals surface area contributed by atoms with Gasteiger partial charge in [0.25, 0.3) is 0 Å². The van der Waals surface area contributed by atoms with E-state index in [2.05, 4.69) is 22.1 Å². The van der Waals surface area contributed by atoms with E-state index >= 15 is 0 Å². The third-order valence-corrected chi connectivity index (χ3v) is 5.15. The van der Waals surface area contributed by atoms with Gasteiger partial charge >= 0.3 is 0 Å². The molecule has 0 unspecified atom stereocenters. The molecule has 2 aromatic rings. The highest BCUT2D eigenvalue weighted by Gasteiger charge is 2.33. The molecular formula is C18H19ClFN3OS. The van der Waals surface area contributed by atoms with Gasteiger partial charge in [-0.25, -0.2) is 9.37 Å². The number of nitrogens with zero attached hydrogens (tertiary/aromatic N) is 2. The highest BCUT2D eigenvalue weighted by Crippen LogP contribution is 2.36. The monoisotopic (exact) mass is 379 g/mol. The predicted octanol–water partition coefficient (Wildman–Crippen LogP) is 4.32. The SMILES string of the molecule is COc1ccc(NC(=S)N2C[C@H](c3ccc(F)cc3Cl)[C@@H](C)C2)cn1. The third kappa shape index (κ3) is 4.02. The zero-order valence-corrected chi connectivity index (χ0v) is 15.6. The summed E-state index contributed by atoms with van der Waals surface area (Å²) in [5.74, 6) is 0.802. The Labute approximate surface area is 157 Å². The molecule has 1 aromatic heterocycles. The van der Waals surface area contributed by atoms with Crippen molar-refractivity contribution in [3.63, 3.8) is 0 Å². The van der Waals surface area contributed by atoms with Crippen LogP contribution in [-0.2, 0) is 0 Å². The van der Waals surface area contributed by atoms with E-state index in [0.717, 1.165) is 24.3 Å². The molecule has 1 N–H and O–H groups in total. The number of likely N-dealkylation sites (tertiary alicyclic amines) is 1. The molecule has 0 spiro atoms. The Morgan fingerprint density at radius 1 is 1.36 bits per heavy atom. The quantitative estimate of drug-likeness (QED) is 0.804. The topological polar surface area (TPSA) is 37.4 Å². The molecule has 0 aliphatic carbocycles. The zero-order chi connectivity index (χ0) is 18.0. The van der Waals surface area contributed by atoms with Crippen LogP contribution in [0.2, 0.25) is 5.02 Å². The van der Waals surface area contributed by atoms with Crippen LogP contribution in [0, 0.1) is 11.7 Å². The zero-order valence-electron chi connectivity index (χ0n) is 14.0. The van der Waals surface area contributed by atoms with Gasteiger partial charge in [-0.05, 0) is 41.9 Å². The van der Waals surface area contributed by atoms with Gasteiger partial charge in [-0.1, -0.05) is 24.6 Å². The second-order valence-electron chi connectivity index (χ2n) is 6.17. The van der Waals surface area contributed by atoms with Gasteiger partial charge in [0.2, 0.25) is 5.88 Å². The van der Waals surface area contributed by atoms with Gasteiger partial charge in [-0.2, -0.15) is 0 Å². The van der Waals surface area contributed by atoms with Gasteiger partial charge in [-0.15, -0.1) is 0 Å². The molecule has 0 radical (unpaired) electrons. The lowest BCUT2D eigenvalue weighted by Crippen LogP contribution is -2.32. The predicted molar refractivity (Wildman–Crippen MR) is 102 cm³/mol. The Morgan fingerprint density at radius 2 is 2.16 bits per heavy atom. The molecule has 0 amide bonds. The summed E-state index contributed by atoms with van der Waals surface area (Å²) in [4.78, 5) is 6.26. The van der Waals surface area contributed by atoms with Crippen LogP contribution >= 0.6 is 23.8 Å². The van der Waals surface area contributed by atoms with Gasteiger partial charge in [0, 0.05) is 30.1 Å². The highest BCUT2D eigenvalue weighted by molar-refractivity contribution is 7.80. The minimum Gasteiger partial charge on any atom is -0.481 e. The van der Waals surface area contributed by atoms with Crippen LogP contribution < -0.4 is 10.1 Å². The summed E-state index contributed by atoms with van der Waals surface area (Å²) in [7, 11) is 1.58. The maximum absolute atomic E-state index is 13.3. The molecule has 1 fully saturated rings. The molecule has 3 rings (SSSR count). The van der Waals surface area contributed by atoms with Gasteiger partial charge < -0.3 is 15.0 Å². The van der Waals surface area contributed by atoms with Crippen molar-refractivity contribution in [2.75, 3.05) is 25.5 Å². The fourth-order valence-electron chi connectivity index (χ4n) is 3.12. The maximum atomic E-state index is 13.3. The maximum Gasteiger partial charge on any atom is 0.213 e. The first-order chi connectivity index (χ1) is 12.0. The van der Waals surface area contributed by atoms with E-state index in [1.807, 2.05) is 6.07 Å². The van der Waals surface area contributed by atoms with Crippen LogP contribution in [-0.4, -0.2) is 35.2 Å². The van der Waals surface area contributed by atoms with Gasteiger partial charge in [0.15, 0.2) is 5.11 Å². The van der Waals surface area contributed by atoms with Crippen LogP contribution in [0.25, 0.3) is 0 Å². The summed E-state index contributed by atoms with van der Waals surface area (Å²) in [6.45, 7) is 3.71. The third-order valence-electron chi connectivity index (χ3n) is 4.46. The average molecular weight is 380 g/mol. The van der Waals surface area contributed by atoms with Crippen molar-refractivity contribution in [1.29, 1.82) is 0 Å². The van der Waals surface area contributed by atoms with Gasteiger partial charge in [-0.3, -0.25) is 0 Å². The van der Waals surface area contributed by atoms with Crippen molar-refractivity contribution < 1.29 is 9.13 Å². The number of methoxy groups -OCH3 is 1. The number of thiocarbonyl (C=S) groups is 1. The lowest BCUT2D eigenvalue weighted by molar-refractivity contribution is 0.398. The summed E-state index contributed by atoms with van der Waals surface area (Å²) in [6, 6.07) is 8.23. The summed E-state index contributed by atoms with van der Waals surface area (Å²) >= 11 is 11.8. The lowest BCUT2D eigenvalue weighted by atomic mass is 9.90. The molecule has 2 atom stereocenters. The first kappa shape index (κ1) is 17.9. The van der Waals surface area contributed by atoms with Crippen LogP contribution in [0.5, 0.6) is 5.88 Å². The van der Waals surface area contributed by atoms with E-state index in [4.69, 9.17) is 28.6 Å². The first-order valence-corrected chi connectivity index (χ1v) is 8.77. The normalized spacial score (nSPS) is 19.8. The molecule has 0 bridgehead atoms. The number of anilines is 1. The first-order valence-electron chi connectivity index (χ1n) is 7.99. The number of hydrogen-bond donors (Lipinski definition) is 1. The molecule has 1 aliphatic heterocycles. The highest BCUT2D eigenvalue weighted by atomic mass is 35.5. The molecule has 1 aromatic carbocycles. The largest absolute Gasteiger partial charge is 0.481 e. The van der Waals surface area contributed by atoms with E-state index in [-0.39, 0.29) is 11.7 Å². The summed E-state index contributed by atoms with van der Waals surface area (Å²) in [6.07, 6.45) is 1.68. The van der Waals surface area contributed by atoms with E-state index in [9.17, 15) is 4.39 Å². The van der Waals surface area contributed by atoms with Crippen LogP contribution in [0.1, 0.15) is 18.4 Å². The van der Waals surface area contributed by atoms with Crippen molar-refractivity contribution in [3.8, 4) is 5.88 Å². The number of nitrogens with one attached hydrogen (secondary N) is 1. The minimum absolute atomic E-state index is 0.210. The molecule has 7 heteroatoms. The van der Waals surface area contributed by atoms with Gasteiger partial charge in [0.05, 0.1) is 19.0 Å². The molecule has 132 valence electrons. The number of halogens is 2. The molecule has 1 aliphatic rings. The van der Waals surface area contributed by atoms with Crippen molar-refractivity contribution in [1.82, 2.24) is 9.88 Å². The Hall–Kier alpha value is -1.92. The summed E-state index contributed by atoms with van der Waals surface area (Å²) < 4.78 is 18.3. The Bertz CT molecular complexity index is 771. The molecule has 0 saturated carbocycles. The Kier molecular flexibility index (Phi) is 5.39. The van der Waals surface area contributed by atoms with Crippen LogP contribution in [0.3, 0.4) is 0 Å². The van der Waals surface area contributed by atoms with E-state index in [1.165, 1.54) is 12.1 Å². The van der Waals surface area contributed by atoms with Crippen molar-refractivity contribution in [2.24, 2.45) is 5.92 Å². The molecule has 2 heterocycles. The second-order valence-corrected chi connectivity index (χ2v) is 6.97. The Balaban J connectivity index is 1.68. The summed E-state index contributed by atoms with van der Waals surface area (Å²) in [5.41, 5.74) is 1.77. The molecule has 25 heavy (non-hydrogen) atoms. The lowest BCUT2D eigenvalue weighted by Gasteiger charge is -2.21. The van der Waals surface area contributed by atoms with Gasteiger partial charge in [0.1, 0.15) is 5.82 Å².